The van der Waals surface area contributed by atoms with Crippen LogP contribution in [0.4, 0.5) is 13.2 Å². The van der Waals surface area contributed by atoms with Crippen LogP contribution in [0.1, 0.15) is 11.1 Å². The van der Waals surface area contributed by atoms with Crippen molar-refractivity contribution >= 4 is 17.6 Å². The van der Waals surface area contributed by atoms with Gasteiger partial charge in [-0.05, 0) is 42.0 Å². The van der Waals surface area contributed by atoms with Crippen LogP contribution in [0.3, 0.4) is 0 Å². The second kappa shape index (κ2) is 6.00. The summed E-state index contributed by atoms with van der Waals surface area (Å²) >= 11 is 1.24. The molecule has 2 rings (SSSR count). The van der Waals surface area contributed by atoms with Gasteiger partial charge in [-0.15, -0.1) is 11.8 Å². The lowest BCUT2D eigenvalue weighted by Gasteiger charge is -2.06. The number of nitrogen functional groups attached to an aromatic ring is 1. The van der Waals surface area contributed by atoms with Crippen molar-refractivity contribution in [3.8, 4) is 0 Å². The van der Waals surface area contributed by atoms with E-state index in [1.54, 1.807) is 6.07 Å². The zero-order valence-electron chi connectivity index (χ0n) is 10.3. The minimum Gasteiger partial charge on any atom is -0.384 e. The van der Waals surface area contributed by atoms with E-state index in [4.69, 9.17) is 11.1 Å². The number of nitrogens with one attached hydrogen (secondary N) is 1. The summed E-state index contributed by atoms with van der Waals surface area (Å²) < 4.78 is 39.2. The van der Waals surface area contributed by atoms with E-state index in [2.05, 4.69) is 0 Å². The molecule has 0 saturated carbocycles. The Morgan fingerprint density at radius 3 is 2.45 bits per heavy atom. The fraction of sp³-hybridized carbons (Fsp3) is 0.0714. The lowest BCUT2D eigenvalue weighted by molar-refractivity contribution is 0.506. The Labute approximate surface area is 118 Å². The maximum Gasteiger partial charge on any atom is 0.159 e. The predicted octanol–water partition coefficient (Wildman–Crippen LogP) is 3.68. The molecular weight excluding hydrogens is 285 g/mol. The molecule has 0 aromatic heterocycles. The highest BCUT2D eigenvalue weighted by Crippen LogP contribution is 2.25. The first-order chi connectivity index (χ1) is 9.45. The Morgan fingerprint density at radius 2 is 1.80 bits per heavy atom. The van der Waals surface area contributed by atoms with E-state index in [9.17, 15) is 13.2 Å². The summed E-state index contributed by atoms with van der Waals surface area (Å²) in [4.78, 5) is 0.539. The van der Waals surface area contributed by atoms with Crippen molar-refractivity contribution in [2.75, 3.05) is 0 Å². The zero-order valence-corrected chi connectivity index (χ0v) is 11.1. The van der Waals surface area contributed by atoms with Gasteiger partial charge in [-0.25, -0.2) is 13.2 Å². The van der Waals surface area contributed by atoms with Crippen LogP contribution in [0.15, 0.2) is 41.3 Å². The lowest BCUT2D eigenvalue weighted by atomic mass is 10.1. The van der Waals surface area contributed by atoms with Crippen LogP contribution in [-0.4, -0.2) is 5.84 Å². The van der Waals surface area contributed by atoms with Gasteiger partial charge in [0.05, 0.1) is 0 Å². The van der Waals surface area contributed by atoms with E-state index in [0.29, 0.717) is 21.8 Å². The molecule has 0 bridgehead atoms. The molecule has 3 N–H and O–H groups in total. The average molecular weight is 296 g/mol. The van der Waals surface area contributed by atoms with E-state index in [1.165, 1.54) is 30.0 Å². The van der Waals surface area contributed by atoms with Crippen LogP contribution in [0.5, 0.6) is 0 Å². The molecule has 2 aromatic rings. The Hall–Kier alpha value is -1.95. The van der Waals surface area contributed by atoms with E-state index in [1.807, 2.05) is 0 Å². The standard InChI is InChI=1S/C14H11F3N2S/c15-10-4-8(3-9(5-10)14(18)19)7-20-11-1-2-12(16)13(17)6-11/h1-6H,7H2,(H3,18,19). The summed E-state index contributed by atoms with van der Waals surface area (Å²) in [6.07, 6.45) is 0. The SMILES string of the molecule is N=C(N)c1cc(F)cc(CSc2ccc(F)c(F)c2)c1. The molecule has 0 aliphatic heterocycles. The number of benzene rings is 2. The van der Waals surface area contributed by atoms with Crippen LogP contribution in [0.25, 0.3) is 0 Å². The molecule has 0 radical (unpaired) electrons. The molecule has 0 aliphatic carbocycles. The number of hydrogen-bond donors (Lipinski definition) is 2. The Morgan fingerprint density at radius 1 is 1.05 bits per heavy atom. The molecule has 0 aliphatic rings. The summed E-state index contributed by atoms with van der Waals surface area (Å²) in [5.74, 6) is -2.16. The Kier molecular flexibility index (Phi) is 4.34. The largest absolute Gasteiger partial charge is 0.384 e. The van der Waals surface area contributed by atoms with Gasteiger partial charge in [-0.2, -0.15) is 0 Å². The van der Waals surface area contributed by atoms with Gasteiger partial charge in [0.15, 0.2) is 11.6 Å². The molecule has 2 nitrogen and oxygen atoms in total. The van der Waals surface area contributed by atoms with Crippen molar-refractivity contribution in [1.82, 2.24) is 0 Å². The summed E-state index contributed by atoms with van der Waals surface area (Å²) in [6.45, 7) is 0. The highest BCUT2D eigenvalue weighted by atomic mass is 32.2. The van der Waals surface area contributed by atoms with Gasteiger partial charge in [0.1, 0.15) is 11.7 Å². The number of rotatable bonds is 4. The van der Waals surface area contributed by atoms with E-state index in [-0.39, 0.29) is 5.84 Å². The number of halogens is 3. The van der Waals surface area contributed by atoms with Crippen LogP contribution >= 0.6 is 11.8 Å². The highest BCUT2D eigenvalue weighted by Gasteiger charge is 2.06. The number of amidine groups is 1. The molecule has 104 valence electrons. The van der Waals surface area contributed by atoms with Crippen molar-refractivity contribution in [2.45, 2.75) is 10.6 Å². The van der Waals surface area contributed by atoms with Crippen LogP contribution in [0.2, 0.25) is 0 Å². The van der Waals surface area contributed by atoms with Gasteiger partial charge in [-0.1, -0.05) is 0 Å². The number of nitrogens with two attached hydrogens (primary N) is 1. The number of thioether (sulfide) groups is 1. The quantitative estimate of drug-likeness (QED) is 0.513. The van der Waals surface area contributed by atoms with Crippen LogP contribution in [-0.2, 0) is 5.75 Å². The fourth-order valence-electron chi connectivity index (χ4n) is 1.62. The maximum atomic E-state index is 13.4. The van der Waals surface area contributed by atoms with Crippen LogP contribution < -0.4 is 5.73 Å². The van der Waals surface area contributed by atoms with Gasteiger partial charge in [-0.3, -0.25) is 5.41 Å². The lowest BCUT2D eigenvalue weighted by Crippen LogP contribution is -2.11. The summed E-state index contributed by atoms with van der Waals surface area (Å²) in [5, 5.41) is 7.29. The average Bonchev–Trinajstić information content (AvgIpc) is 2.39. The molecule has 0 heterocycles. The molecule has 0 fully saturated rings. The first-order valence-electron chi connectivity index (χ1n) is 5.67. The van der Waals surface area contributed by atoms with Gasteiger partial charge in [0.2, 0.25) is 0 Å². The molecule has 0 unspecified atom stereocenters. The smallest absolute Gasteiger partial charge is 0.159 e. The molecular formula is C14H11F3N2S. The van der Waals surface area contributed by atoms with Gasteiger partial charge in [0.25, 0.3) is 0 Å². The van der Waals surface area contributed by atoms with E-state index >= 15 is 0 Å². The van der Waals surface area contributed by atoms with Crippen molar-refractivity contribution in [2.24, 2.45) is 5.73 Å². The van der Waals surface area contributed by atoms with Crippen molar-refractivity contribution < 1.29 is 13.2 Å². The maximum absolute atomic E-state index is 13.4. The fourth-order valence-corrected chi connectivity index (χ4v) is 2.47. The molecule has 6 heteroatoms. The van der Waals surface area contributed by atoms with Crippen molar-refractivity contribution in [3.05, 3.63) is 65.0 Å². The normalized spacial score (nSPS) is 10.6. The highest BCUT2D eigenvalue weighted by molar-refractivity contribution is 7.98. The second-order valence-electron chi connectivity index (χ2n) is 4.13. The van der Waals surface area contributed by atoms with Crippen LogP contribution in [0, 0.1) is 22.9 Å². The van der Waals surface area contributed by atoms with Crippen molar-refractivity contribution in [1.29, 1.82) is 5.41 Å². The molecule has 0 saturated heterocycles. The summed E-state index contributed by atoms with van der Waals surface area (Å²) in [6, 6.07) is 7.68. The monoisotopic (exact) mass is 296 g/mol. The minimum atomic E-state index is -0.918. The molecule has 0 spiro atoms. The second-order valence-corrected chi connectivity index (χ2v) is 5.18. The molecule has 0 atom stereocenters. The van der Waals surface area contributed by atoms with E-state index < -0.39 is 17.5 Å². The third-order valence-electron chi connectivity index (χ3n) is 2.57. The van der Waals surface area contributed by atoms with E-state index in [0.717, 1.165) is 12.1 Å². The molecule has 2 aromatic carbocycles. The summed E-state index contributed by atoms with van der Waals surface area (Å²) in [7, 11) is 0. The van der Waals surface area contributed by atoms with Gasteiger partial charge in [0, 0.05) is 16.2 Å². The first-order valence-corrected chi connectivity index (χ1v) is 6.66. The zero-order chi connectivity index (χ0) is 14.7. The number of hydrogen-bond acceptors (Lipinski definition) is 2. The predicted molar refractivity (Wildman–Crippen MR) is 73.3 cm³/mol. The molecule has 20 heavy (non-hydrogen) atoms. The minimum absolute atomic E-state index is 0.219. The molecule has 0 amide bonds. The third kappa shape index (κ3) is 3.54. The Balaban J connectivity index is 2.14. The summed E-state index contributed by atoms with van der Waals surface area (Å²) in [5.41, 5.74) is 6.23. The van der Waals surface area contributed by atoms with Gasteiger partial charge < -0.3 is 5.73 Å². The van der Waals surface area contributed by atoms with Crippen molar-refractivity contribution in [3.63, 3.8) is 0 Å². The van der Waals surface area contributed by atoms with Gasteiger partial charge >= 0.3 is 0 Å². The first kappa shape index (κ1) is 14.5. The third-order valence-corrected chi connectivity index (χ3v) is 3.63. The Bertz CT molecular complexity index is 659. The topological polar surface area (TPSA) is 49.9 Å².